The maximum absolute atomic E-state index is 12.9. The lowest BCUT2D eigenvalue weighted by atomic mass is 10.1. The first kappa shape index (κ1) is 24.1. The summed E-state index contributed by atoms with van der Waals surface area (Å²) in [5, 5.41) is 15.4. The third-order valence-corrected chi connectivity index (χ3v) is 7.41. The molecule has 5 rings (SSSR count). The normalized spacial score (nSPS) is 14.0. The highest BCUT2D eigenvalue weighted by Crippen LogP contribution is 2.24. The predicted octanol–water partition coefficient (Wildman–Crippen LogP) is 3.60. The van der Waals surface area contributed by atoms with E-state index in [9.17, 15) is 14.4 Å². The SMILES string of the molecule is Cc1cc(C)cc(NC(=O)CSc2nnc3n(C)c(=O)c4ccc(C(=O)NC5CCCC5)cc4n23)c1. The molecule has 1 aliphatic rings. The molecular weight excluding hydrogens is 476 g/mol. The van der Waals surface area contributed by atoms with Gasteiger partial charge in [0, 0.05) is 24.3 Å². The molecule has 0 unspecified atom stereocenters. The number of benzene rings is 2. The number of amides is 2. The molecule has 0 spiro atoms. The highest BCUT2D eigenvalue weighted by molar-refractivity contribution is 7.99. The molecule has 36 heavy (non-hydrogen) atoms. The average molecular weight is 505 g/mol. The molecule has 2 amide bonds. The van der Waals surface area contributed by atoms with E-state index in [1.165, 1.54) is 16.3 Å². The van der Waals surface area contributed by atoms with Crippen LogP contribution in [0.3, 0.4) is 0 Å². The summed E-state index contributed by atoms with van der Waals surface area (Å²) in [6.07, 6.45) is 4.22. The molecule has 1 fully saturated rings. The number of rotatable bonds is 6. The molecule has 1 aliphatic carbocycles. The zero-order chi connectivity index (χ0) is 25.4. The molecule has 0 aliphatic heterocycles. The smallest absolute Gasteiger partial charge is 0.262 e. The quantitative estimate of drug-likeness (QED) is 0.388. The Labute approximate surface area is 212 Å². The number of aryl methyl sites for hydroxylation is 3. The molecule has 9 nitrogen and oxygen atoms in total. The van der Waals surface area contributed by atoms with Crippen LogP contribution in [-0.2, 0) is 11.8 Å². The summed E-state index contributed by atoms with van der Waals surface area (Å²) in [6.45, 7) is 3.97. The number of carbonyl (C=O) groups is 2. The van der Waals surface area contributed by atoms with Crippen LogP contribution in [0.25, 0.3) is 16.7 Å². The topological polar surface area (TPSA) is 110 Å². The molecule has 186 valence electrons. The van der Waals surface area contributed by atoms with E-state index in [0.717, 1.165) is 42.5 Å². The van der Waals surface area contributed by atoms with Crippen LogP contribution >= 0.6 is 11.8 Å². The zero-order valence-corrected chi connectivity index (χ0v) is 21.3. The Hall–Kier alpha value is -3.66. The van der Waals surface area contributed by atoms with E-state index < -0.39 is 0 Å². The van der Waals surface area contributed by atoms with Crippen LogP contribution < -0.4 is 16.2 Å². The van der Waals surface area contributed by atoms with Gasteiger partial charge in [-0.15, -0.1) is 10.2 Å². The predicted molar refractivity (Wildman–Crippen MR) is 141 cm³/mol. The first-order valence-corrected chi connectivity index (χ1v) is 13.0. The van der Waals surface area contributed by atoms with E-state index in [-0.39, 0.29) is 29.2 Å². The molecule has 2 heterocycles. The number of aromatic nitrogens is 4. The number of hydrogen-bond acceptors (Lipinski definition) is 6. The number of thioether (sulfide) groups is 1. The van der Waals surface area contributed by atoms with Crippen molar-refractivity contribution < 1.29 is 9.59 Å². The Morgan fingerprint density at radius 2 is 1.78 bits per heavy atom. The number of nitrogens with one attached hydrogen (secondary N) is 2. The molecule has 2 aromatic carbocycles. The summed E-state index contributed by atoms with van der Waals surface area (Å²) in [5.74, 6) is 0.123. The lowest BCUT2D eigenvalue weighted by molar-refractivity contribution is -0.113. The summed E-state index contributed by atoms with van der Waals surface area (Å²) < 4.78 is 3.16. The Morgan fingerprint density at radius 3 is 2.50 bits per heavy atom. The van der Waals surface area contributed by atoms with E-state index >= 15 is 0 Å². The van der Waals surface area contributed by atoms with Crippen LogP contribution in [0.15, 0.2) is 46.3 Å². The van der Waals surface area contributed by atoms with Gasteiger partial charge in [-0.3, -0.25) is 23.4 Å². The number of anilines is 1. The monoisotopic (exact) mass is 504 g/mol. The zero-order valence-electron chi connectivity index (χ0n) is 20.5. The van der Waals surface area contributed by atoms with Gasteiger partial charge in [0.2, 0.25) is 11.7 Å². The minimum absolute atomic E-state index is 0.111. The van der Waals surface area contributed by atoms with Gasteiger partial charge >= 0.3 is 0 Å². The van der Waals surface area contributed by atoms with E-state index in [4.69, 9.17) is 0 Å². The van der Waals surface area contributed by atoms with Crippen LogP contribution in [0.1, 0.15) is 47.2 Å². The number of nitrogens with zero attached hydrogens (tertiary/aromatic N) is 4. The molecule has 0 atom stereocenters. The molecule has 10 heteroatoms. The maximum atomic E-state index is 12.9. The molecule has 2 N–H and O–H groups in total. The number of hydrogen-bond donors (Lipinski definition) is 2. The summed E-state index contributed by atoms with van der Waals surface area (Å²) >= 11 is 1.22. The summed E-state index contributed by atoms with van der Waals surface area (Å²) in [7, 11) is 1.63. The van der Waals surface area contributed by atoms with E-state index in [2.05, 4.69) is 20.8 Å². The van der Waals surface area contributed by atoms with Crippen molar-refractivity contribution in [1.82, 2.24) is 24.5 Å². The molecule has 0 saturated heterocycles. The van der Waals surface area contributed by atoms with E-state index in [0.29, 0.717) is 27.4 Å². The lowest BCUT2D eigenvalue weighted by Crippen LogP contribution is -2.32. The molecule has 1 saturated carbocycles. The first-order valence-electron chi connectivity index (χ1n) is 12.0. The minimum atomic E-state index is -0.225. The van der Waals surface area contributed by atoms with Crippen molar-refractivity contribution in [1.29, 1.82) is 0 Å². The van der Waals surface area contributed by atoms with Gasteiger partial charge in [0.15, 0.2) is 5.16 Å². The summed E-state index contributed by atoms with van der Waals surface area (Å²) in [6, 6.07) is 11.1. The molecule has 0 bridgehead atoms. The van der Waals surface area contributed by atoms with Crippen LogP contribution in [0, 0.1) is 13.8 Å². The van der Waals surface area contributed by atoms with Crippen LogP contribution in [0.2, 0.25) is 0 Å². The second-order valence-corrected chi connectivity index (χ2v) is 10.3. The maximum Gasteiger partial charge on any atom is 0.262 e. The highest BCUT2D eigenvalue weighted by atomic mass is 32.2. The standard InChI is InChI=1S/C26H28N6O3S/c1-15-10-16(2)12-19(11-15)27-22(33)14-36-26-30-29-25-31(3)24(35)20-9-8-17(13-21(20)32(25)26)23(34)28-18-6-4-5-7-18/h8-13,18H,4-7,14H2,1-3H3,(H,27,33)(H,28,34). The molecule has 2 aromatic heterocycles. The molecule has 4 aromatic rings. The van der Waals surface area contributed by atoms with Crippen molar-refractivity contribution in [3.63, 3.8) is 0 Å². The minimum Gasteiger partial charge on any atom is -0.349 e. The van der Waals surface area contributed by atoms with E-state index in [1.54, 1.807) is 29.6 Å². The van der Waals surface area contributed by atoms with Crippen molar-refractivity contribution >= 4 is 45.9 Å². The largest absolute Gasteiger partial charge is 0.349 e. The van der Waals surface area contributed by atoms with Crippen LogP contribution in [-0.4, -0.2) is 42.8 Å². The number of fused-ring (bicyclic) bond motifs is 3. The van der Waals surface area contributed by atoms with Crippen molar-refractivity contribution in [3.05, 3.63) is 63.4 Å². The van der Waals surface area contributed by atoms with Gasteiger partial charge < -0.3 is 10.6 Å². The third-order valence-electron chi connectivity index (χ3n) is 6.48. The van der Waals surface area contributed by atoms with E-state index in [1.807, 2.05) is 32.0 Å². The lowest BCUT2D eigenvalue weighted by Gasteiger charge is -2.13. The highest BCUT2D eigenvalue weighted by Gasteiger charge is 2.21. The summed E-state index contributed by atoms with van der Waals surface area (Å²) in [4.78, 5) is 38.5. The Balaban J connectivity index is 1.44. The molecular formula is C26H28N6O3S. The van der Waals surface area contributed by atoms with Crippen molar-refractivity contribution in [2.24, 2.45) is 7.05 Å². The van der Waals surface area contributed by atoms with Gasteiger partial charge in [-0.25, -0.2) is 0 Å². The second-order valence-electron chi connectivity index (χ2n) is 9.38. The van der Waals surface area contributed by atoms with Crippen LogP contribution in [0.4, 0.5) is 5.69 Å². The first-order chi connectivity index (χ1) is 17.3. The fraction of sp³-hybridized carbons (Fsp3) is 0.346. The van der Waals surface area contributed by atoms with Crippen molar-refractivity contribution in [2.75, 3.05) is 11.1 Å². The van der Waals surface area contributed by atoms with Crippen molar-refractivity contribution in [3.8, 4) is 0 Å². The van der Waals surface area contributed by atoms with Crippen LogP contribution in [0.5, 0.6) is 0 Å². The Bertz CT molecular complexity index is 1530. The van der Waals surface area contributed by atoms with Gasteiger partial charge in [-0.1, -0.05) is 30.7 Å². The van der Waals surface area contributed by atoms with Gasteiger partial charge in [-0.05, 0) is 68.1 Å². The average Bonchev–Trinajstić information content (AvgIpc) is 3.50. The van der Waals surface area contributed by atoms with Gasteiger partial charge in [-0.2, -0.15) is 0 Å². The van der Waals surface area contributed by atoms with Gasteiger partial charge in [0.1, 0.15) is 0 Å². The fourth-order valence-corrected chi connectivity index (χ4v) is 5.55. The Morgan fingerprint density at radius 1 is 1.06 bits per heavy atom. The van der Waals surface area contributed by atoms with Crippen molar-refractivity contribution in [2.45, 2.75) is 50.7 Å². The molecule has 0 radical (unpaired) electrons. The fourth-order valence-electron chi connectivity index (χ4n) is 4.81. The third kappa shape index (κ3) is 4.73. The number of carbonyl (C=O) groups excluding carboxylic acids is 2. The second kappa shape index (κ2) is 9.77. The summed E-state index contributed by atoms with van der Waals surface area (Å²) in [5.41, 5.74) is 3.67. The van der Waals surface area contributed by atoms with Gasteiger partial charge in [0.05, 0.1) is 16.7 Å². The Kier molecular flexibility index (Phi) is 6.53. The van der Waals surface area contributed by atoms with Gasteiger partial charge in [0.25, 0.3) is 11.5 Å².